The van der Waals surface area contributed by atoms with Crippen molar-refractivity contribution in [1.29, 1.82) is 0 Å². The molecule has 0 bridgehead atoms. The van der Waals surface area contributed by atoms with Crippen LogP contribution in [0.5, 0.6) is 11.5 Å². The van der Waals surface area contributed by atoms with Crippen LogP contribution in [-0.4, -0.2) is 22.2 Å². The van der Waals surface area contributed by atoms with Crippen molar-refractivity contribution in [3.63, 3.8) is 0 Å². The van der Waals surface area contributed by atoms with Crippen LogP contribution in [0.1, 0.15) is 24.1 Å². The van der Waals surface area contributed by atoms with Gasteiger partial charge in [0.05, 0.1) is 0 Å². The number of aromatic hydroxyl groups is 2. The van der Waals surface area contributed by atoms with Crippen molar-refractivity contribution < 1.29 is 10.2 Å². The summed E-state index contributed by atoms with van der Waals surface area (Å²) in [7, 11) is 1.98. The van der Waals surface area contributed by atoms with Gasteiger partial charge in [-0.3, -0.25) is 4.90 Å². The molecule has 0 fully saturated rings. The number of halogens is 1. The summed E-state index contributed by atoms with van der Waals surface area (Å²) in [5, 5.41) is 19.7. The third-order valence-corrected chi connectivity index (χ3v) is 3.83. The molecule has 0 aliphatic heterocycles. The first-order chi connectivity index (χ1) is 9.47. The molecule has 0 amide bonds. The van der Waals surface area contributed by atoms with Gasteiger partial charge >= 0.3 is 0 Å². The van der Waals surface area contributed by atoms with E-state index in [2.05, 4.69) is 11.8 Å². The van der Waals surface area contributed by atoms with E-state index in [-0.39, 0.29) is 17.5 Å². The molecule has 20 heavy (non-hydrogen) atoms. The lowest BCUT2D eigenvalue weighted by Crippen LogP contribution is -2.22. The normalized spacial score (nSPS) is 12.6. The predicted molar refractivity (Wildman–Crippen MR) is 81.1 cm³/mol. The second kappa shape index (κ2) is 6.16. The molecule has 0 aromatic heterocycles. The van der Waals surface area contributed by atoms with Gasteiger partial charge in [-0.05, 0) is 55.4 Å². The first-order valence-corrected chi connectivity index (χ1v) is 6.81. The summed E-state index contributed by atoms with van der Waals surface area (Å²) in [6.07, 6.45) is 0. The maximum Gasteiger partial charge on any atom is 0.116 e. The maximum atomic E-state index is 9.54. The lowest BCUT2D eigenvalue weighted by Gasteiger charge is -2.25. The molecule has 0 heterocycles. The van der Waals surface area contributed by atoms with Gasteiger partial charge in [0.15, 0.2) is 0 Å². The van der Waals surface area contributed by atoms with E-state index in [9.17, 15) is 10.2 Å². The number of phenols is 2. The molecule has 0 spiro atoms. The molecule has 0 aliphatic rings. The van der Waals surface area contributed by atoms with E-state index in [0.29, 0.717) is 11.6 Å². The fourth-order valence-electron chi connectivity index (χ4n) is 2.13. The molecular weight excluding hydrogens is 274 g/mol. The summed E-state index contributed by atoms with van der Waals surface area (Å²) in [5.41, 5.74) is 1.91. The Morgan fingerprint density at radius 1 is 1.10 bits per heavy atom. The molecule has 106 valence electrons. The second-order valence-corrected chi connectivity index (χ2v) is 5.37. The monoisotopic (exact) mass is 291 g/mol. The smallest absolute Gasteiger partial charge is 0.116 e. The van der Waals surface area contributed by atoms with Gasteiger partial charge in [-0.2, -0.15) is 0 Å². The summed E-state index contributed by atoms with van der Waals surface area (Å²) in [4.78, 5) is 2.11. The number of nitrogens with zero attached hydrogens (tertiary/aromatic N) is 1. The van der Waals surface area contributed by atoms with Crippen molar-refractivity contribution >= 4 is 11.6 Å². The molecule has 2 aromatic rings. The van der Waals surface area contributed by atoms with Gasteiger partial charge in [0, 0.05) is 17.6 Å². The first kappa shape index (κ1) is 14.7. The van der Waals surface area contributed by atoms with Crippen molar-refractivity contribution in [2.45, 2.75) is 19.5 Å². The number of hydrogen-bond donors (Lipinski definition) is 2. The molecule has 3 nitrogen and oxygen atoms in total. The van der Waals surface area contributed by atoms with Gasteiger partial charge < -0.3 is 10.2 Å². The van der Waals surface area contributed by atoms with Gasteiger partial charge in [-0.15, -0.1) is 0 Å². The third-order valence-electron chi connectivity index (χ3n) is 3.46. The molecule has 1 atom stereocenters. The highest BCUT2D eigenvalue weighted by atomic mass is 35.5. The topological polar surface area (TPSA) is 43.7 Å². The molecule has 0 saturated carbocycles. The number of phenolic OH excluding ortho intramolecular Hbond substituents is 2. The highest BCUT2D eigenvalue weighted by molar-refractivity contribution is 6.31. The van der Waals surface area contributed by atoms with Crippen LogP contribution in [0.25, 0.3) is 0 Å². The summed E-state index contributed by atoms with van der Waals surface area (Å²) in [5.74, 6) is 0.473. The lowest BCUT2D eigenvalue weighted by atomic mass is 10.1. The molecule has 4 heteroatoms. The van der Waals surface area contributed by atoms with E-state index in [4.69, 9.17) is 11.6 Å². The van der Waals surface area contributed by atoms with Crippen molar-refractivity contribution in [2.24, 2.45) is 0 Å². The van der Waals surface area contributed by atoms with Crippen LogP contribution in [0.15, 0.2) is 42.5 Å². The quantitative estimate of drug-likeness (QED) is 0.896. The van der Waals surface area contributed by atoms with Gasteiger partial charge in [0.1, 0.15) is 11.5 Å². The summed E-state index contributed by atoms with van der Waals surface area (Å²) in [6.45, 7) is 2.68. The van der Waals surface area contributed by atoms with E-state index in [1.807, 2.05) is 19.2 Å². The van der Waals surface area contributed by atoms with Crippen molar-refractivity contribution in [1.82, 2.24) is 4.90 Å². The second-order valence-electron chi connectivity index (χ2n) is 4.96. The van der Waals surface area contributed by atoms with Crippen molar-refractivity contribution in [3.8, 4) is 11.5 Å². The largest absolute Gasteiger partial charge is 0.508 e. The number of benzene rings is 2. The molecule has 0 radical (unpaired) electrons. The minimum atomic E-state index is 0.125. The van der Waals surface area contributed by atoms with Gasteiger partial charge in [-0.1, -0.05) is 23.7 Å². The third kappa shape index (κ3) is 3.44. The Bertz CT molecular complexity index is 601. The number of rotatable bonds is 4. The van der Waals surface area contributed by atoms with Gasteiger partial charge in [-0.25, -0.2) is 0 Å². The van der Waals surface area contributed by atoms with E-state index < -0.39 is 0 Å². The average Bonchev–Trinajstić information content (AvgIpc) is 2.42. The van der Waals surface area contributed by atoms with E-state index in [1.54, 1.807) is 30.3 Å². The van der Waals surface area contributed by atoms with Crippen molar-refractivity contribution in [3.05, 3.63) is 58.6 Å². The summed E-state index contributed by atoms with van der Waals surface area (Å²) < 4.78 is 0. The fraction of sp³-hybridized carbons (Fsp3) is 0.250. The van der Waals surface area contributed by atoms with Gasteiger partial charge in [0.2, 0.25) is 0 Å². The minimum absolute atomic E-state index is 0.125. The summed E-state index contributed by atoms with van der Waals surface area (Å²) in [6, 6.07) is 12.3. The van der Waals surface area contributed by atoms with Crippen LogP contribution in [-0.2, 0) is 6.54 Å². The SMILES string of the molecule is CC(c1cccc(O)c1)N(C)Cc1cc(O)ccc1Cl. The van der Waals surface area contributed by atoms with E-state index in [0.717, 1.165) is 11.1 Å². The van der Waals surface area contributed by atoms with Crippen molar-refractivity contribution in [2.75, 3.05) is 7.05 Å². The lowest BCUT2D eigenvalue weighted by molar-refractivity contribution is 0.252. The molecular formula is C16H18ClNO2. The Balaban J connectivity index is 2.15. The fourth-order valence-corrected chi connectivity index (χ4v) is 2.30. The van der Waals surface area contributed by atoms with Gasteiger partial charge in [0.25, 0.3) is 0 Å². The highest BCUT2D eigenvalue weighted by Crippen LogP contribution is 2.27. The molecule has 2 rings (SSSR count). The standard InChI is InChI=1S/C16H18ClNO2/c1-11(12-4-3-5-14(19)8-12)18(2)10-13-9-15(20)6-7-16(13)17/h3-9,11,19-20H,10H2,1-2H3. The Hall–Kier alpha value is -1.71. The molecule has 2 aromatic carbocycles. The number of hydrogen-bond acceptors (Lipinski definition) is 3. The van der Waals surface area contributed by atoms with Crippen LogP contribution in [0, 0.1) is 0 Å². The first-order valence-electron chi connectivity index (χ1n) is 6.44. The predicted octanol–water partition coefficient (Wildman–Crippen LogP) is 3.94. The molecule has 1 unspecified atom stereocenters. The average molecular weight is 292 g/mol. The minimum Gasteiger partial charge on any atom is -0.508 e. The molecule has 0 aliphatic carbocycles. The van der Waals surface area contributed by atoms with Crippen LogP contribution >= 0.6 is 11.6 Å². The molecule has 0 saturated heterocycles. The Kier molecular flexibility index (Phi) is 4.53. The zero-order valence-corrected chi connectivity index (χ0v) is 12.3. The summed E-state index contributed by atoms with van der Waals surface area (Å²) >= 11 is 6.14. The maximum absolute atomic E-state index is 9.54. The van der Waals surface area contributed by atoms with Crippen LogP contribution in [0.3, 0.4) is 0 Å². The van der Waals surface area contributed by atoms with Crippen LogP contribution in [0.2, 0.25) is 5.02 Å². The zero-order valence-electron chi connectivity index (χ0n) is 11.5. The Morgan fingerprint density at radius 3 is 2.50 bits per heavy atom. The van der Waals surface area contributed by atoms with Crippen LogP contribution < -0.4 is 0 Å². The van der Waals surface area contributed by atoms with Crippen LogP contribution in [0.4, 0.5) is 0 Å². The van der Waals surface area contributed by atoms with E-state index in [1.165, 1.54) is 0 Å². The highest BCUT2D eigenvalue weighted by Gasteiger charge is 2.14. The molecule has 2 N–H and O–H groups in total. The Morgan fingerprint density at radius 2 is 1.80 bits per heavy atom. The Labute approximate surface area is 124 Å². The van der Waals surface area contributed by atoms with E-state index >= 15 is 0 Å². The zero-order chi connectivity index (χ0) is 14.7.